The summed E-state index contributed by atoms with van der Waals surface area (Å²) >= 11 is 0. The van der Waals surface area contributed by atoms with E-state index in [1.165, 1.54) is 12.1 Å². The van der Waals surface area contributed by atoms with Gasteiger partial charge in [-0.3, -0.25) is 4.79 Å². The number of hydrogen-bond acceptors (Lipinski definition) is 5. The topological polar surface area (TPSA) is 87.4 Å². The van der Waals surface area contributed by atoms with Crippen molar-refractivity contribution in [1.29, 1.82) is 0 Å². The minimum atomic E-state index is -4.11. The van der Waals surface area contributed by atoms with Gasteiger partial charge in [0.25, 0.3) is 15.9 Å². The second-order valence-corrected chi connectivity index (χ2v) is 8.26. The van der Waals surface area contributed by atoms with Crippen molar-refractivity contribution < 1.29 is 17.9 Å². The lowest BCUT2D eigenvalue weighted by molar-refractivity contribution is 0.0833. The maximum Gasteiger partial charge on any atom is 0.349 e. The molecule has 1 aromatic heterocycles. The molecule has 0 fully saturated rings. The van der Waals surface area contributed by atoms with E-state index in [9.17, 15) is 18.0 Å². The summed E-state index contributed by atoms with van der Waals surface area (Å²) in [7, 11) is -4.11. The summed E-state index contributed by atoms with van der Waals surface area (Å²) in [5, 5.41) is 0. The number of aryl methyl sites for hydroxylation is 3. The Hall–Kier alpha value is -3.13. The number of imidazole rings is 1. The minimum absolute atomic E-state index is 0.0148. The Balaban J connectivity index is 1.87. The Kier molecular flexibility index (Phi) is 5.24. The second-order valence-electron chi connectivity index (χ2n) is 6.45. The summed E-state index contributed by atoms with van der Waals surface area (Å²) < 4.78 is 32.3. The van der Waals surface area contributed by atoms with Crippen molar-refractivity contribution in [3.63, 3.8) is 0 Å². The van der Waals surface area contributed by atoms with Gasteiger partial charge in [0.05, 0.1) is 4.90 Å². The van der Waals surface area contributed by atoms with Crippen molar-refractivity contribution in [2.75, 3.05) is 6.61 Å². The number of rotatable bonds is 5. The number of hydrogen-bond donors (Lipinski definition) is 0. The van der Waals surface area contributed by atoms with Crippen LogP contribution < -0.4 is 10.4 Å². The fourth-order valence-corrected chi connectivity index (χ4v) is 3.95. The fraction of sp³-hybridized carbons (Fsp3) is 0.200. The summed E-state index contributed by atoms with van der Waals surface area (Å²) in [4.78, 5) is 24.9. The first-order valence-corrected chi connectivity index (χ1v) is 10.0. The van der Waals surface area contributed by atoms with Crippen LogP contribution >= 0.6 is 0 Å². The van der Waals surface area contributed by atoms with Gasteiger partial charge in [-0.2, -0.15) is 3.97 Å². The van der Waals surface area contributed by atoms with Gasteiger partial charge in [0.15, 0.2) is 6.61 Å². The first-order valence-electron chi connectivity index (χ1n) is 8.56. The molecule has 146 valence electrons. The predicted octanol–water partition coefficient (Wildman–Crippen LogP) is 2.53. The molecule has 0 saturated heterocycles. The fourth-order valence-electron chi connectivity index (χ4n) is 2.65. The van der Waals surface area contributed by atoms with E-state index in [0.29, 0.717) is 9.72 Å². The lowest BCUT2D eigenvalue weighted by Crippen LogP contribution is -2.34. The highest BCUT2D eigenvalue weighted by molar-refractivity contribution is 7.90. The van der Waals surface area contributed by atoms with Crippen LogP contribution in [0.4, 0.5) is 0 Å². The lowest BCUT2D eigenvalue weighted by Gasteiger charge is -2.08. The SMILES string of the molecule is Cc1ccc(S(=O)(=O)n2ccn(C(=O)COc3ccccc3C)c2=O)cc1C. The predicted molar refractivity (Wildman–Crippen MR) is 104 cm³/mol. The Morgan fingerprint density at radius 2 is 1.68 bits per heavy atom. The van der Waals surface area contributed by atoms with E-state index in [2.05, 4.69) is 0 Å². The number of carbonyl (C=O) groups excluding carboxylic acids is 1. The standard InChI is InChI=1S/C20H20N2O5S/c1-14-8-9-17(12-16(14)3)28(25,26)22-11-10-21(20(22)24)19(23)13-27-18-7-5-4-6-15(18)2/h4-12H,13H2,1-3H3. The molecule has 1 heterocycles. The molecule has 0 unspecified atom stereocenters. The van der Waals surface area contributed by atoms with Crippen molar-refractivity contribution in [2.24, 2.45) is 0 Å². The van der Waals surface area contributed by atoms with E-state index in [4.69, 9.17) is 4.74 Å². The van der Waals surface area contributed by atoms with Crippen molar-refractivity contribution in [1.82, 2.24) is 8.54 Å². The molecule has 0 N–H and O–H groups in total. The largest absolute Gasteiger partial charge is 0.483 e. The zero-order chi connectivity index (χ0) is 20.5. The molecule has 0 radical (unpaired) electrons. The molecule has 0 amide bonds. The quantitative estimate of drug-likeness (QED) is 0.657. The lowest BCUT2D eigenvalue weighted by atomic mass is 10.1. The molecule has 3 aromatic rings. The van der Waals surface area contributed by atoms with Crippen LogP contribution in [0, 0.1) is 20.8 Å². The first-order chi connectivity index (χ1) is 13.2. The van der Waals surface area contributed by atoms with E-state index in [1.54, 1.807) is 25.1 Å². The number of ether oxygens (including phenoxy) is 1. The Morgan fingerprint density at radius 1 is 0.964 bits per heavy atom. The molecule has 2 aromatic carbocycles. The molecular formula is C20H20N2O5S. The highest BCUT2D eigenvalue weighted by atomic mass is 32.2. The average molecular weight is 400 g/mol. The van der Waals surface area contributed by atoms with Gasteiger partial charge in [0.2, 0.25) is 0 Å². The zero-order valence-corrected chi connectivity index (χ0v) is 16.6. The van der Waals surface area contributed by atoms with Crippen LogP contribution in [-0.2, 0) is 10.0 Å². The van der Waals surface area contributed by atoms with Crippen LogP contribution in [0.1, 0.15) is 21.5 Å². The van der Waals surface area contributed by atoms with Crippen LogP contribution in [0.15, 0.2) is 64.5 Å². The van der Waals surface area contributed by atoms with Gasteiger partial charge < -0.3 is 4.74 Å². The van der Waals surface area contributed by atoms with E-state index in [-0.39, 0.29) is 4.90 Å². The molecule has 3 rings (SSSR count). The molecule has 0 aliphatic heterocycles. The smallest absolute Gasteiger partial charge is 0.349 e. The number of para-hydroxylation sites is 1. The first kappa shape index (κ1) is 19.6. The minimum Gasteiger partial charge on any atom is -0.483 e. The van der Waals surface area contributed by atoms with Crippen LogP contribution in [0.3, 0.4) is 0 Å². The summed E-state index contributed by atoms with van der Waals surface area (Å²) in [5.74, 6) is -0.145. The summed E-state index contributed by atoms with van der Waals surface area (Å²) in [5.41, 5.74) is 1.61. The van der Waals surface area contributed by atoms with Crippen LogP contribution in [0.2, 0.25) is 0 Å². The molecule has 7 nitrogen and oxygen atoms in total. The maximum absolute atomic E-state index is 12.8. The molecule has 0 saturated carbocycles. The van der Waals surface area contributed by atoms with Crippen LogP contribution in [-0.4, -0.2) is 29.5 Å². The van der Waals surface area contributed by atoms with Crippen molar-refractivity contribution in [3.05, 3.63) is 82.0 Å². The molecule has 0 bridgehead atoms. The van der Waals surface area contributed by atoms with Crippen molar-refractivity contribution >= 4 is 15.9 Å². The van der Waals surface area contributed by atoms with Crippen LogP contribution in [0.5, 0.6) is 5.75 Å². The van der Waals surface area contributed by atoms with Gasteiger partial charge in [0.1, 0.15) is 5.75 Å². The Bertz CT molecular complexity index is 1210. The van der Waals surface area contributed by atoms with Gasteiger partial charge in [-0.1, -0.05) is 24.3 Å². The van der Waals surface area contributed by atoms with Gasteiger partial charge >= 0.3 is 5.69 Å². The van der Waals surface area contributed by atoms with E-state index < -0.39 is 28.2 Å². The number of nitrogens with zero attached hydrogens (tertiary/aromatic N) is 2. The highest BCUT2D eigenvalue weighted by Gasteiger charge is 2.23. The van der Waals surface area contributed by atoms with Gasteiger partial charge in [-0.25, -0.2) is 17.8 Å². The van der Waals surface area contributed by atoms with E-state index in [0.717, 1.165) is 33.7 Å². The normalized spacial score (nSPS) is 11.4. The molecular weight excluding hydrogens is 380 g/mol. The highest BCUT2D eigenvalue weighted by Crippen LogP contribution is 2.17. The van der Waals surface area contributed by atoms with Crippen molar-refractivity contribution in [2.45, 2.75) is 25.7 Å². The number of benzene rings is 2. The number of carbonyl (C=O) groups is 1. The third-order valence-corrected chi connectivity index (χ3v) is 6.14. The van der Waals surface area contributed by atoms with E-state index >= 15 is 0 Å². The average Bonchev–Trinajstić information content (AvgIpc) is 3.05. The van der Waals surface area contributed by atoms with Gasteiger partial charge in [0, 0.05) is 12.4 Å². The molecule has 0 spiro atoms. The zero-order valence-electron chi connectivity index (χ0n) is 15.7. The third kappa shape index (κ3) is 3.63. The monoisotopic (exact) mass is 400 g/mol. The molecule has 8 heteroatoms. The maximum atomic E-state index is 12.8. The third-order valence-electron chi connectivity index (χ3n) is 4.49. The van der Waals surface area contributed by atoms with Crippen molar-refractivity contribution in [3.8, 4) is 5.75 Å². The summed E-state index contributed by atoms with van der Waals surface area (Å²) in [6, 6.07) is 11.8. The number of aromatic nitrogens is 2. The molecule has 0 aliphatic rings. The Morgan fingerprint density at radius 3 is 2.36 bits per heavy atom. The van der Waals surface area contributed by atoms with Gasteiger partial charge in [-0.05, 0) is 55.7 Å². The van der Waals surface area contributed by atoms with Crippen LogP contribution in [0.25, 0.3) is 0 Å². The van der Waals surface area contributed by atoms with Gasteiger partial charge in [-0.15, -0.1) is 0 Å². The molecule has 0 atom stereocenters. The second kappa shape index (κ2) is 7.47. The molecule has 28 heavy (non-hydrogen) atoms. The summed E-state index contributed by atoms with van der Waals surface area (Å²) in [6.07, 6.45) is 2.20. The summed E-state index contributed by atoms with van der Waals surface area (Å²) in [6.45, 7) is 5.09. The Labute approximate surface area is 162 Å². The molecule has 0 aliphatic carbocycles. The van der Waals surface area contributed by atoms with E-state index in [1.807, 2.05) is 26.0 Å².